The smallest absolute Gasteiger partial charge is 0.253 e. The zero-order valence-electron chi connectivity index (χ0n) is 14.6. The third-order valence-corrected chi connectivity index (χ3v) is 4.92. The Labute approximate surface area is 156 Å². The van der Waals surface area contributed by atoms with Gasteiger partial charge in [-0.05, 0) is 36.4 Å². The first kappa shape index (κ1) is 16.0. The zero-order chi connectivity index (χ0) is 18.2. The molecule has 5 heteroatoms. The molecule has 0 radical (unpaired) electrons. The SMILES string of the molecule is O=C(Nc1ccccc1-c1nc2c(ccc3ccccc32)o1)C1CCCO1. The van der Waals surface area contributed by atoms with Crippen LogP contribution in [0.5, 0.6) is 0 Å². The Morgan fingerprint density at radius 2 is 1.89 bits per heavy atom. The highest BCUT2D eigenvalue weighted by Crippen LogP contribution is 2.33. The van der Waals surface area contributed by atoms with Crippen LogP contribution in [0.4, 0.5) is 5.69 Å². The number of benzene rings is 3. The number of nitrogens with one attached hydrogen (secondary N) is 1. The zero-order valence-corrected chi connectivity index (χ0v) is 14.6. The molecule has 27 heavy (non-hydrogen) atoms. The first-order valence-electron chi connectivity index (χ1n) is 9.10. The molecule has 1 amide bonds. The Kier molecular flexibility index (Phi) is 3.87. The summed E-state index contributed by atoms with van der Waals surface area (Å²) in [6.45, 7) is 0.637. The van der Waals surface area contributed by atoms with Gasteiger partial charge in [0.1, 0.15) is 11.6 Å². The molecular weight excluding hydrogens is 340 g/mol. The lowest BCUT2D eigenvalue weighted by Crippen LogP contribution is -2.27. The normalized spacial score (nSPS) is 16.8. The Bertz CT molecular complexity index is 1140. The Morgan fingerprint density at radius 1 is 1.04 bits per heavy atom. The predicted octanol–water partition coefficient (Wildman–Crippen LogP) is 4.77. The van der Waals surface area contributed by atoms with Gasteiger partial charge in [-0.25, -0.2) is 4.98 Å². The lowest BCUT2D eigenvalue weighted by atomic mass is 10.1. The van der Waals surface area contributed by atoms with Gasteiger partial charge in [0.2, 0.25) is 5.89 Å². The lowest BCUT2D eigenvalue weighted by molar-refractivity contribution is -0.124. The van der Waals surface area contributed by atoms with Gasteiger partial charge in [0.05, 0.1) is 11.3 Å². The highest BCUT2D eigenvalue weighted by atomic mass is 16.5. The molecule has 1 fully saturated rings. The lowest BCUT2D eigenvalue weighted by Gasteiger charge is -2.12. The van der Waals surface area contributed by atoms with E-state index in [0.29, 0.717) is 18.2 Å². The Balaban J connectivity index is 1.56. The number of para-hydroxylation sites is 1. The van der Waals surface area contributed by atoms with Gasteiger partial charge in [0, 0.05) is 12.0 Å². The fraction of sp³-hybridized carbons (Fsp3) is 0.182. The van der Waals surface area contributed by atoms with Gasteiger partial charge in [0.25, 0.3) is 5.91 Å². The molecule has 5 nitrogen and oxygen atoms in total. The molecule has 0 spiro atoms. The molecule has 0 aliphatic carbocycles. The van der Waals surface area contributed by atoms with Gasteiger partial charge in [-0.3, -0.25) is 4.79 Å². The van der Waals surface area contributed by atoms with Crippen LogP contribution >= 0.6 is 0 Å². The van der Waals surface area contributed by atoms with Gasteiger partial charge in [-0.1, -0.05) is 42.5 Å². The molecule has 3 aromatic carbocycles. The first-order valence-corrected chi connectivity index (χ1v) is 9.10. The van der Waals surface area contributed by atoms with Crippen LogP contribution in [0.2, 0.25) is 0 Å². The van der Waals surface area contributed by atoms with Crippen molar-refractivity contribution in [2.45, 2.75) is 18.9 Å². The second-order valence-corrected chi connectivity index (χ2v) is 6.69. The maximum absolute atomic E-state index is 12.5. The summed E-state index contributed by atoms with van der Waals surface area (Å²) in [7, 11) is 0. The van der Waals surface area contributed by atoms with E-state index in [-0.39, 0.29) is 12.0 Å². The van der Waals surface area contributed by atoms with E-state index in [4.69, 9.17) is 14.1 Å². The maximum Gasteiger partial charge on any atom is 0.253 e. The van der Waals surface area contributed by atoms with E-state index in [9.17, 15) is 4.79 Å². The number of carbonyl (C=O) groups excluding carboxylic acids is 1. The third-order valence-electron chi connectivity index (χ3n) is 4.92. The van der Waals surface area contributed by atoms with Gasteiger partial charge in [-0.2, -0.15) is 0 Å². The molecule has 2 heterocycles. The van der Waals surface area contributed by atoms with E-state index in [1.807, 2.05) is 54.6 Å². The molecule has 134 valence electrons. The summed E-state index contributed by atoms with van der Waals surface area (Å²) >= 11 is 0. The average molecular weight is 358 g/mol. The molecule has 1 atom stereocenters. The van der Waals surface area contributed by atoms with Crippen LogP contribution < -0.4 is 5.32 Å². The molecule has 5 rings (SSSR count). The van der Waals surface area contributed by atoms with Crippen molar-refractivity contribution in [1.82, 2.24) is 4.98 Å². The number of fused-ring (bicyclic) bond motifs is 3. The van der Waals surface area contributed by atoms with Crippen LogP contribution in [0.15, 0.2) is 65.1 Å². The van der Waals surface area contributed by atoms with Crippen molar-refractivity contribution < 1.29 is 13.9 Å². The number of nitrogens with zero attached hydrogens (tertiary/aromatic N) is 1. The number of amides is 1. The molecule has 0 bridgehead atoms. The standard InChI is InChI=1S/C22H18N2O3/c25-21(19-10-5-13-26-19)23-17-9-4-3-8-16(17)22-24-20-15-7-2-1-6-14(15)11-12-18(20)27-22/h1-4,6-9,11-12,19H,5,10,13H2,(H,23,25). The van der Waals surface area contributed by atoms with Crippen molar-refractivity contribution in [1.29, 1.82) is 0 Å². The molecule has 4 aromatic rings. The summed E-state index contributed by atoms with van der Waals surface area (Å²) in [6.07, 6.45) is 1.28. The fourth-order valence-electron chi connectivity index (χ4n) is 3.55. The molecule has 1 saturated heterocycles. The molecule has 1 aromatic heterocycles. The molecule has 1 aliphatic heterocycles. The molecule has 1 N–H and O–H groups in total. The summed E-state index contributed by atoms with van der Waals surface area (Å²) in [5.41, 5.74) is 2.98. The number of ether oxygens (including phenoxy) is 1. The average Bonchev–Trinajstić information content (AvgIpc) is 3.38. The van der Waals surface area contributed by atoms with Gasteiger partial charge >= 0.3 is 0 Å². The van der Waals surface area contributed by atoms with Crippen LogP contribution in [0.25, 0.3) is 33.3 Å². The highest BCUT2D eigenvalue weighted by Gasteiger charge is 2.24. The monoisotopic (exact) mass is 358 g/mol. The van der Waals surface area contributed by atoms with Gasteiger partial charge in [0.15, 0.2) is 5.58 Å². The van der Waals surface area contributed by atoms with Gasteiger partial charge < -0.3 is 14.5 Å². The third kappa shape index (κ3) is 2.86. The molecule has 1 unspecified atom stereocenters. The van der Waals surface area contributed by atoms with Crippen molar-refractivity contribution >= 4 is 33.5 Å². The van der Waals surface area contributed by atoms with E-state index >= 15 is 0 Å². The predicted molar refractivity (Wildman–Crippen MR) is 105 cm³/mol. The molecular formula is C22H18N2O3. The number of rotatable bonds is 3. The minimum absolute atomic E-state index is 0.124. The van der Waals surface area contributed by atoms with Crippen LogP contribution in [0.1, 0.15) is 12.8 Å². The quantitative estimate of drug-likeness (QED) is 0.573. The summed E-state index contributed by atoms with van der Waals surface area (Å²) in [4.78, 5) is 17.2. The topological polar surface area (TPSA) is 64.4 Å². The number of carbonyl (C=O) groups is 1. The van der Waals surface area contributed by atoms with Crippen LogP contribution in [0.3, 0.4) is 0 Å². The van der Waals surface area contributed by atoms with E-state index in [0.717, 1.165) is 40.3 Å². The Morgan fingerprint density at radius 3 is 2.78 bits per heavy atom. The summed E-state index contributed by atoms with van der Waals surface area (Å²) in [5.74, 6) is 0.367. The van der Waals surface area contributed by atoms with E-state index in [1.165, 1.54) is 0 Å². The number of hydrogen-bond acceptors (Lipinski definition) is 4. The first-order chi connectivity index (χ1) is 13.3. The van der Waals surface area contributed by atoms with Crippen molar-refractivity contribution in [2.75, 3.05) is 11.9 Å². The van der Waals surface area contributed by atoms with Crippen molar-refractivity contribution in [3.63, 3.8) is 0 Å². The molecule has 1 aliphatic rings. The van der Waals surface area contributed by atoms with Crippen molar-refractivity contribution in [2.24, 2.45) is 0 Å². The summed E-state index contributed by atoms with van der Waals surface area (Å²) < 4.78 is 11.5. The van der Waals surface area contributed by atoms with Crippen molar-refractivity contribution in [3.05, 3.63) is 60.7 Å². The largest absolute Gasteiger partial charge is 0.436 e. The summed E-state index contributed by atoms with van der Waals surface area (Å²) in [6, 6.07) is 19.6. The maximum atomic E-state index is 12.5. The number of oxazole rings is 1. The fourth-order valence-corrected chi connectivity index (χ4v) is 3.55. The second-order valence-electron chi connectivity index (χ2n) is 6.69. The number of anilines is 1. The van der Waals surface area contributed by atoms with Crippen LogP contribution in [-0.2, 0) is 9.53 Å². The number of hydrogen-bond donors (Lipinski definition) is 1. The van der Waals surface area contributed by atoms with Crippen LogP contribution in [-0.4, -0.2) is 23.6 Å². The minimum atomic E-state index is -0.384. The van der Waals surface area contributed by atoms with Crippen LogP contribution in [0, 0.1) is 0 Å². The highest BCUT2D eigenvalue weighted by molar-refractivity contribution is 6.04. The van der Waals surface area contributed by atoms with E-state index < -0.39 is 0 Å². The number of aromatic nitrogens is 1. The van der Waals surface area contributed by atoms with E-state index in [1.54, 1.807) is 0 Å². The second kappa shape index (κ2) is 6.52. The van der Waals surface area contributed by atoms with Gasteiger partial charge in [-0.15, -0.1) is 0 Å². The summed E-state index contributed by atoms with van der Waals surface area (Å²) in [5, 5.41) is 5.13. The minimum Gasteiger partial charge on any atom is -0.436 e. The Hall–Kier alpha value is -3.18. The van der Waals surface area contributed by atoms with Crippen molar-refractivity contribution in [3.8, 4) is 11.5 Å². The molecule has 0 saturated carbocycles. The van der Waals surface area contributed by atoms with E-state index in [2.05, 4.69) is 11.4 Å².